The maximum atomic E-state index is 12.3. The second kappa shape index (κ2) is 7.38. The van der Waals surface area contributed by atoms with E-state index in [1.807, 2.05) is 4.90 Å². The summed E-state index contributed by atoms with van der Waals surface area (Å²) in [5.41, 5.74) is 5.05. The molecule has 1 aliphatic heterocycles. The molecular formula is C14H17ClN4O4. The van der Waals surface area contributed by atoms with Gasteiger partial charge in [0.05, 0.1) is 22.1 Å². The van der Waals surface area contributed by atoms with Crippen molar-refractivity contribution in [3.05, 3.63) is 38.9 Å². The first kappa shape index (κ1) is 17.2. The third-order valence-corrected chi connectivity index (χ3v) is 4.04. The van der Waals surface area contributed by atoms with Gasteiger partial charge in [-0.1, -0.05) is 11.6 Å². The molecule has 1 aliphatic rings. The van der Waals surface area contributed by atoms with Crippen LogP contribution in [0, 0.1) is 10.1 Å². The molecule has 124 valence electrons. The number of rotatable bonds is 5. The van der Waals surface area contributed by atoms with Gasteiger partial charge in [-0.25, -0.2) is 0 Å². The molecule has 0 aliphatic carbocycles. The quantitative estimate of drug-likeness (QED) is 0.610. The molecule has 0 saturated carbocycles. The van der Waals surface area contributed by atoms with Crippen LogP contribution >= 0.6 is 11.6 Å². The minimum absolute atomic E-state index is 0.0676. The first-order valence-electron chi connectivity index (χ1n) is 7.12. The molecule has 1 fully saturated rings. The van der Waals surface area contributed by atoms with E-state index in [0.717, 1.165) is 0 Å². The van der Waals surface area contributed by atoms with Crippen molar-refractivity contribution < 1.29 is 14.5 Å². The number of nitro groups is 1. The van der Waals surface area contributed by atoms with Crippen LogP contribution in [0.2, 0.25) is 5.02 Å². The van der Waals surface area contributed by atoms with E-state index < -0.39 is 10.8 Å². The first-order valence-corrected chi connectivity index (χ1v) is 7.50. The summed E-state index contributed by atoms with van der Waals surface area (Å²) in [6.07, 6.45) is 1.34. The SMILES string of the molecule is NC(=O)CN1CCC(NC(=O)c2cc([N+](=O)[O-])ccc2Cl)CC1. The fraction of sp³-hybridized carbons (Fsp3) is 0.429. The first-order chi connectivity index (χ1) is 10.9. The number of nitro benzene ring substituents is 1. The molecule has 1 heterocycles. The number of carbonyl (C=O) groups is 2. The Morgan fingerprint density at radius 3 is 2.61 bits per heavy atom. The highest BCUT2D eigenvalue weighted by Gasteiger charge is 2.23. The molecule has 1 aromatic carbocycles. The van der Waals surface area contributed by atoms with Gasteiger partial charge in [-0.15, -0.1) is 0 Å². The van der Waals surface area contributed by atoms with Crippen molar-refractivity contribution in [2.75, 3.05) is 19.6 Å². The summed E-state index contributed by atoms with van der Waals surface area (Å²) in [5.74, 6) is -0.817. The summed E-state index contributed by atoms with van der Waals surface area (Å²) < 4.78 is 0. The zero-order valence-electron chi connectivity index (χ0n) is 12.3. The number of hydrogen-bond donors (Lipinski definition) is 2. The van der Waals surface area contributed by atoms with Gasteiger partial charge in [-0.05, 0) is 18.9 Å². The van der Waals surface area contributed by atoms with Crippen molar-refractivity contribution >= 4 is 29.1 Å². The summed E-state index contributed by atoms with van der Waals surface area (Å²) in [6, 6.07) is 3.69. The Morgan fingerprint density at radius 1 is 1.39 bits per heavy atom. The van der Waals surface area contributed by atoms with E-state index in [9.17, 15) is 19.7 Å². The number of non-ortho nitro benzene ring substituents is 1. The van der Waals surface area contributed by atoms with Crippen LogP contribution in [0.15, 0.2) is 18.2 Å². The van der Waals surface area contributed by atoms with Crippen LogP contribution in [0.4, 0.5) is 5.69 Å². The Bertz CT molecular complexity index is 629. The lowest BCUT2D eigenvalue weighted by atomic mass is 10.0. The third kappa shape index (κ3) is 4.64. The number of primary amides is 1. The van der Waals surface area contributed by atoms with Gasteiger partial charge < -0.3 is 11.1 Å². The Morgan fingerprint density at radius 2 is 2.04 bits per heavy atom. The number of halogens is 1. The van der Waals surface area contributed by atoms with Crippen LogP contribution in [0.1, 0.15) is 23.2 Å². The van der Waals surface area contributed by atoms with Crippen LogP contribution in [0.5, 0.6) is 0 Å². The van der Waals surface area contributed by atoms with E-state index in [1.54, 1.807) is 0 Å². The van der Waals surface area contributed by atoms with Crippen molar-refractivity contribution in [2.24, 2.45) is 5.73 Å². The minimum Gasteiger partial charge on any atom is -0.369 e. The molecule has 0 atom stereocenters. The van der Waals surface area contributed by atoms with Gasteiger partial charge in [0.25, 0.3) is 11.6 Å². The summed E-state index contributed by atoms with van der Waals surface area (Å²) in [6.45, 7) is 1.50. The number of likely N-dealkylation sites (tertiary alicyclic amines) is 1. The second-order valence-corrected chi connectivity index (χ2v) is 5.82. The zero-order chi connectivity index (χ0) is 17.0. The van der Waals surface area contributed by atoms with Crippen LogP contribution in [0.25, 0.3) is 0 Å². The normalized spacial score (nSPS) is 16.0. The molecule has 8 nitrogen and oxygen atoms in total. The molecule has 0 unspecified atom stereocenters. The molecule has 1 aromatic rings. The lowest BCUT2D eigenvalue weighted by molar-refractivity contribution is -0.384. The number of hydrogen-bond acceptors (Lipinski definition) is 5. The summed E-state index contributed by atoms with van der Waals surface area (Å²) in [5, 5.41) is 13.8. The van der Waals surface area contributed by atoms with Crippen LogP contribution < -0.4 is 11.1 Å². The largest absolute Gasteiger partial charge is 0.369 e. The Labute approximate surface area is 137 Å². The minimum atomic E-state index is -0.574. The average Bonchev–Trinajstić information content (AvgIpc) is 2.48. The van der Waals surface area contributed by atoms with Gasteiger partial charge in [0.1, 0.15) is 0 Å². The highest BCUT2D eigenvalue weighted by molar-refractivity contribution is 6.33. The zero-order valence-corrected chi connectivity index (χ0v) is 13.1. The number of carbonyl (C=O) groups excluding carboxylic acids is 2. The van der Waals surface area contributed by atoms with Crippen molar-refractivity contribution in [1.29, 1.82) is 0 Å². The highest BCUT2D eigenvalue weighted by atomic mass is 35.5. The molecule has 0 aromatic heterocycles. The molecule has 0 bridgehead atoms. The van der Waals surface area contributed by atoms with Crippen LogP contribution in [0.3, 0.4) is 0 Å². The Balaban J connectivity index is 1.97. The van der Waals surface area contributed by atoms with E-state index in [0.29, 0.717) is 25.9 Å². The number of nitrogens with zero attached hydrogens (tertiary/aromatic N) is 2. The molecule has 0 radical (unpaired) electrons. The molecular weight excluding hydrogens is 324 g/mol. The predicted molar refractivity (Wildman–Crippen MR) is 84.2 cm³/mol. The van der Waals surface area contributed by atoms with E-state index in [-0.39, 0.29) is 34.8 Å². The maximum Gasteiger partial charge on any atom is 0.270 e. The number of piperidine rings is 1. The molecule has 23 heavy (non-hydrogen) atoms. The van der Waals surface area contributed by atoms with Crippen molar-refractivity contribution in [3.8, 4) is 0 Å². The monoisotopic (exact) mass is 340 g/mol. The van der Waals surface area contributed by atoms with Crippen molar-refractivity contribution in [1.82, 2.24) is 10.2 Å². The van der Waals surface area contributed by atoms with Gasteiger partial charge in [-0.3, -0.25) is 24.6 Å². The van der Waals surface area contributed by atoms with E-state index in [4.69, 9.17) is 17.3 Å². The lowest BCUT2D eigenvalue weighted by Gasteiger charge is -2.31. The fourth-order valence-electron chi connectivity index (χ4n) is 2.52. The molecule has 1 saturated heterocycles. The number of amides is 2. The van der Waals surface area contributed by atoms with Gasteiger partial charge in [0.2, 0.25) is 5.91 Å². The maximum absolute atomic E-state index is 12.3. The highest BCUT2D eigenvalue weighted by Crippen LogP contribution is 2.22. The van der Waals surface area contributed by atoms with E-state index in [2.05, 4.69) is 5.32 Å². The van der Waals surface area contributed by atoms with E-state index >= 15 is 0 Å². The van der Waals surface area contributed by atoms with Crippen LogP contribution in [-0.2, 0) is 4.79 Å². The second-order valence-electron chi connectivity index (χ2n) is 5.41. The lowest BCUT2D eigenvalue weighted by Crippen LogP contribution is -2.46. The van der Waals surface area contributed by atoms with Gasteiger partial charge in [0.15, 0.2) is 0 Å². The number of benzene rings is 1. The summed E-state index contributed by atoms with van der Waals surface area (Å²) >= 11 is 5.95. The fourth-order valence-corrected chi connectivity index (χ4v) is 2.72. The predicted octanol–water partition coefficient (Wildman–Crippen LogP) is 0.928. The summed E-state index contributed by atoms with van der Waals surface area (Å²) in [4.78, 5) is 35.3. The topological polar surface area (TPSA) is 119 Å². The smallest absolute Gasteiger partial charge is 0.270 e. The molecule has 2 rings (SSSR count). The average molecular weight is 341 g/mol. The standard InChI is InChI=1S/C14H17ClN4O4/c15-12-2-1-10(19(22)23)7-11(12)14(21)17-9-3-5-18(6-4-9)8-13(16)20/h1-2,7,9H,3-6,8H2,(H2,16,20)(H,17,21). The van der Waals surface area contributed by atoms with Gasteiger partial charge >= 0.3 is 0 Å². The number of nitrogens with two attached hydrogens (primary N) is 1. The molecule has 0 spiro atoms. The van der Waals surface area contributed by atoms with Crippen molar-refractivity contribution in [2.45, 2.75) is 18.9 Å². The van der Waals surface area contributed by atoms with E-state index in [1.165, 1.54) is 18.2 Å². The Hall–Kier alpha value is -2.19. The number of nitrogens with one attached hydrogen (secondary N) is 1. The molecule has 2 amide bonds. The van der Waals surface area contributed by atoms with Gasteiger partial charge in [0, 0.05) is 31.3 Å². The van der Waals surface area contributed by atoms with Crippen molar-refractivity contribution in [3.63, 3.8) is 0 Å². The third-order valence-electron chi connectivity index (χ3n) is 3.71. The summed E-state index contributed by atoms with van der Waals surface area (Å²) in [7, 11) is 0. The molecule has 3 N–H and O–H groups in total. The van der Waals surface area contributed by atoms with Crippen LogP contribution in [-0.4, -0.2) is 47.3 Å². The Kier molecular flexibility index (Phi) is 5.51. The van der Waals surface area contributed by atoms with Gasteiger partial charge in [-0.2, -0.15) is 0 Å². The molecule has 9 heteroatoms.